The Labute approximate surface area is 160 Å². The number of rotatable bonds is 5. The van der Waals surface area contributed by atoms with Gasteiger partial charge in [-0.25, -0.2) is 9.97 Å². The van der Waals surface area contributed by atoms with Gasteiger partial charge in [0, 0.05) is 25.0 Å². The molecule has 0 atom stereocenters. The third kappa shape index (κ3) is 4.47. The van der Waals surface area contributed by atoms with E-state index in [4.69, 9.17) is 23.2 Å². The molecule has 0 aliphatic rings. The topological polar surface area (TPSA) is 79.8 Å². The largest absolute Gasteiger partial charge is 0.347 e. The zero-order valence-electron chi connectivity index (χ0n) is 13.8. The first kappa shape index (κ1) is 18.1. The van der Waals surface area contributed by atoms with E-state index in [-0.39, 0.29) is 11.6 Å². The third-order valence-corrected chi connectivity index (χ3v) is 4.09. The van der Waals surface area contributed by atoms with Crippen molar-refractivity contribution in [2.75, 3.05) is 5.32 Å². The van der Waals surface area contributed by atoms with Gasteiger partial charge in [0.1, 0.15) is 17.3 Å². The Hall–Kier alpha value is -2.70. The van der Waals surface area contributed by atoms with Crippen molar-refractivity contribution in [2.24, 2.45) is 0 Å². The van der Waals surface area contributed by atoms with Crippen molar-refractivity contribution < 1.29 is 4.79 Å². The van der Waals surface area contributed by atoms with Crippen LogP contribution in [0.25, 0.3) is 0 Å². The number of pyridine rings is 1. The van der Waals surface area contributed by atoms with Gasteiger partial charge >= 0.3 is 0 Å². The number of nitrogens with zero attached hydrogens (tertiary/aromatic N) is 3. The van der Waals surface area contributed by atoms with Gasteiger partial charge in [0.25, 0.3) is 5.91 Å². The van der Waals surface area contributed by atoms with Crippen molar-refractivity contribution in [3.05, 3.63) is 75.9 Å². The quantitative estimate of drug-likeness (QED) is 0.686. The average Bonchev–Trinajstić information content (AvgIpc) is 2.63. The van der Waals surface area contributed by atoms with Crippen LogP contribution in [0.4, 0.5) is 11.5 Å². The normalized spacial score (nSPS) is 10.4. The van der Waals surface area contributed by atoms with E-state index in [0.717, 1.165) is 5.56 Å². The highest BCUT2D eigenvalue weighted by Crippen LogP contribution is 2.32. The summed E-state index contributed by atoms with van der Waals surface area (Å²) in [5.74, 6) is 0.566. The SMILES string of the molecule is Cc1nc(Nc2c(Cl)cccc2Cl)cc(C(=O)NCc2cccnc2)n1. The van der Waals surface area contributed by atoms with Crippen LogP contribution in [0.1, 0.15) is 21.9 Å². The van der Waals surface area contributed by atoms with E-state index >= 15 is 0 Å². The number of aryl methyl sites for hydroxylation is 1. The van der Waals surface area contributed by atoms with Crippen LogP contribution < -0.4 is 10.6 Å². The van der Waals surface area contributed by atoms with E-state index in [1.807, 2.05) is 12.1 Å². The van der Waals surface area contributed by atoms with Crippen molar-refractivity contribution in [1.29, 1.82) is 0 Å². The number of amides is 1. The number of anilines is 2. The van der Waals surface area contributed by atoms with Crippen molar-refractivity contribution in [1.82, 2.24) is 20.3 Å². The van der Waals surface area contributed by atoms with E-state index < -0.39 is 0 Å². The first-order valence-corrected chi connectivity index (χ1v) is 8.52. The number of hydrogen-bond donors (Lipinski definition) is 2. The van der Waals surface area contributed by atoms with Gasteiger partial charge in [0.15, 0.2) is 0 Å². The van der Waals surface area contributed by atoms with Gasteiger partial charge in [-0.15, -0.1) is 0 Å². The predicted molar refractivity (Wildman–Crippen MR) is 102 cm³/mol. The van der Waals surface area contributed by atoms with Crippen LogP contribution in [-0.2, 0) is 6.54 Å². The Morgan fingerprint density at radius 2 is 1.88 bits per heavy atom. The fraction of sp³-hybridized carbons (Fsp3) is 0.111. The second kappa shape index (κ2) is 8.12. The number of benzene rings is 1. The van der Waals surface area contributed by atoms with Crippen LogP contribution >= 0.6 is 23.2 Å². The number of nitrogens with one attached hydrogen (secondary N) is 2. The molecule has 0 radical (unpaired) electrons. The summed E-state index contributed by atoms with van der Waals surface area (Å²) >= 11 is 12.3. The van der Waals surface area contributed by atoms with Crippen molar-refractivity contribution in [2.45, 2.75) is 13.5 Å². The van der Waals surface area contributed by atoms with Crippen molar-refractivity contribution >= 4 is 40.6 Å². The Bertz CT molecular complexity index is 914. The fourth-order valence-electron chi connectivity index (χ4n) is 2.27. The maximum atomic E-state index is 12.4. The molecule has 3 rings (SSSR count). The predicted octanol–water partition coefficient (Wildman–Crippen LogP) is 4.16. The first-order valence-electron chi connectivity index (χ1n) is 7.77. The Balaban J connectivity index is 1.78. The summed E-state index contributed by atoms with van der Waals surface area (Å²) in [5, 5.41) is 6.76. The van der Waals surface area contributed by atoms with Gasteiger partial charge in [-0.2, -0.15) is 0 Å². The summed E-state index contributed by atoms with van der Waals surface area (Å²) in [6.07, 6.45) is 3.37. The molecule has 0 aliphatic carbocycles. The van der Waals surface area contributed by atoms with Crippen molar-refractivity contribution in [3.8, 4) is 0 Å². The smallest absolute Gasteiger partial charge is 0.270 e. The van der Waals surface area contributed by atoms with Crippen LogP contribution in [0.3, 0.4) is 0 Å². The molecule has 6 nitrogen and oxygen atoms in total. The van der Waals surface area contributed by atoms with Crippen LogP contribution in [-0.4, -0.2) is 20.9 Å². The van der Waals surface area contributed by atoms with E-state index in [1.165, 1.54) is 0 Å². The van der Waals surface area contributed by atoms with Gasteiger partial charge in [-0.1, -0.05) is 35.3 Å². The maximum absolute atomic E-state index is 12.4. The van der Waals surface area contributed by atoms with Gasteiger partial charge in [0.05, 0.1) is 15.7 Å². The maximum Gasteiger partial charge on any atom is 0.270 e. The summed E-state index contributed by atoms with van der Waals surface area (Å²) in [5.41, 5.74) is 1.66. The molecule has 8 heteroatoms. The summed E-state index contributed by atoms with van der Waals surface area (Å²) in [7, 11) is 0. The van der Waals surface area contributed by atoms with Gasteiger partial charge in [0.2, 0.25) is 0 Å². The zero-order chi connectivity index (χ0) is 18.5. The summed E-state index contributed by atoms with van der Waals surface area (Å²) in [4.78, 5) is 24.9. The van der Waals surface area contributed by atoms with E-state index in [1.54, 1.807) is 43.6 Å². The number of carbonyl (C=O) groups excluding carboxylic acids is 1. The molecule has 132 valence electrons. The molecule has 0 bridgehead atoms. The summed E-state index contributed by atoms with van der Waals surface area (Å²) in [6, 6.07) is 10.4. The molecular formula is C18H15Cl2N5O. The van der Waals surface area contributed by atoms with Gasteiger partial charge in [-0.3, -0.25) is 9.78 Å². The fourth-order valence-corrected chi connectivity index (χ4v) is 2.76. The molecular weight excluding hydrogens is 373 g/mol. The highest BCUT2D eigenvalue weighted by atomic mass is 35.5. The number of aromatic nitrogens is 3. The Kier molecular flexibility index (Phi) is 5.65. The van der Waals surface area contributed by atoms with Gasteiger partial charge < -0.3 is 10.6 Å². The van der Waals surface area contributed by atoms with Crippen molar-refractivity contribution in [3.63, 3.8) is 0 Å². The standard InChI is InChI=1S/C18H15Cl2N5O/c1-11-23-15(18(26)22-10-12-4-3-7-21-9-12)8-16(24-11)25-17-13(19)5-2-6-14(17)20/h2-9H,10H2,1H3,(H,22,26)(H,23,24,25). The number of carbonyl (C=O) groups is 1. The molecule has 3 aromatic rings. The molecule has 26 heavy (non-hydrogen) atoms. The molecule has 0 fully saturated rings. The molecule has 0 unspecified atom stereocenters. The minimum absolute atomic E-state index is 0.243. The van der Waals surface area contributed by atoms with Crippen LogP contribution in [0.15, 0.2) is 48.8 Å². The molecule has 0 spiro atoms. The molecule has 2 heterocycles. The average molecular weight is 388 g/mol. The minimum atomic E-state index is -0.312. The third-order valence-electron chi connectivity index (χ3n) is 3.46. The second-order valence-electron chi connectivity index (χ2n) is 5.45. The molecule has 2 N–H and O–H groups in total. The Morgan fingerprint density at radius 3 is 2.58 bits per heavy atom. The lowest BCUT2D eigenvalue weighted by molar-refractivity contribution is 0.0945. The summed E-state index contributed by atoms with van der Waals surface area (Å²) < 4.78 is 0. The molecule has 0 saturated carbocycles. The first-order chi connectivity index (χ1) is 12.5. The zero-order valence-corrected chi connectivity index (χ0v) is 15.3. The second-order valence-corrected chi connectivity index (χ2v) is 6.27. The molecule has 1 amide bonds. The highest BCUT2D eigenvalue weighted by Gasteiger charge is 2.12. The van der Waals surface area contributed by atoms with Crippen LogP contribution in [0.2, 0.25) is 10.0 Å². The van der Waals surface area contributed by atoms with Gasteiger partial charge in [-0.05, 0) is 30.7 Å². The highest BCUT2D eigenvalue weighted by molar-refractivity contribution is 6.39. The summed E-state index contributed by atoms with van der Waals surface area (Å²) in [6.45, 7) is 2.06. The van der Waals surface area contributed by atoms with E-state index in [9.17, 15) is 4.79 Å². The molecule has 0 saturated heterocycles. The lowest BCUT2D eigenvalue weighted by Crippen LogP contribution is -2.24. The lowest BCUT2D eigenvalue weighted by atomic mass is 10.2. The van der Waals surface area contributed by atoms with E-state index in [2.05, 4.69) is 25.6 Å². The minimum Gasteiger partial charge on any atom is -0.347 e. The van der Waals surface area contributed by atoms with Crippen LogP contribution in [0, 0.1) is 6.92 Å². The Morgan fingerprint density at radius 1 is 1.12 bits per heavy atom. The van der Waals surface area contributed by atoms with E-state index in [0.29, 0.717) is 33.9 Å². The molecule has 2 aromatic heterocycles. The van der Waals surface area contributed by atoms with Crippen LogP contribution in [0.5, 0.6) is 0 Å². The number of hydrogen-bond acceptors (Lipinski definition) is 5. The molecule has 1 aromatic carbocycles. The lowest BCUT2D eigenvalue weighted by Gasteiger charge is -2.11. The number of para-hydroxylation sites is 1. The number of halogens is 2. The monoisotopic (exact) mass is 387 g/mol. The molecule has 0 aliphatic heterocycles.